The summed E-state index contributed by atoms with van der Waals surface area (Å²) in [5, 5.41) is 15.9. The van der Waals surface area contributed by atoms with Gasteiger partial charge in [-0.3, -0.25) is 9.59 Å². The lowest BCUT2D eigenvalue weighted by Gasteiger charge is -2.31. The molecule has 0 aliphatic heterocycles. The van der Waals surface area contributed by atoms with Crippen molar-refractivity contribution in [1.82, 2.24) is 5.32 Å². The van der Waals surface area contributed by atoms with Crippen LogP contribution >= 0.6 is 11.3 Å². The van der Waals surface area contributed by atoms with Crippen molar-refractivity contribution in [2.75, 3.05) is 7.11 Å². The van der Waals surface area contributed by atoms with Crippen molar-refractivity contribution in [3.8, 4) is 5.75 Å². The molecule has 6 heteroatoms. The minimum Gasteiger partial charge on any atom is -0.508 e. The van der Waals surface area contributed by atoms with E-state index in [0.717, 1.165) is 29.3 Å². The Kier molecular flexibility index (Phi) is 6.42. The van der Waals surface area contributed by atoms with E-state index in [0.29, 0.717) is 29.7 Å². The number of phenolic OH excluding ortho intramolecular Hbond substituents is 1. The molecule has 4 atom stereocenters. The van der Waals surface area contributed by atoms with Crippen LogP contribution in [0.1, 0.15) is 55.3 Å². The number of allylic oxidation sites excluding steroid dienone is 2. The molecule has 2 aromatic rings. The molecule has 4 rings (SSSR count). The van der Waals surface area contributed by atoms with Gasteiger partial charge in [0.25, 0.3) is 5.91 Å². The number of methoxy groups -OCH3 is 1. The molecule has 0 radical (unpaired) electrons. The zero-order chi connectivity index (χ0) is 21.1. The topological polar surface area (TPSA) is 75.6 Å². The molecular weight excluding hydrogens is 398 g/mol. The molecule has 30 heavy (non-hydrogen) atoms. The number of carbonyl (C=O) groups is 2. The van der Waals surface area contributed by atoms with E-state index in [1.54, 1.807) is 12.1 Å². The Labute approximate surface area is 181 Å². The fraction of sp³-hybridized carbons (Fsp3) is 0.500. The molecule has 2 fully saturated rings. The van der Waals surface area contributed by atoms with Gasteiger partial charge in [0.1, 0.15) is 5.75 Å². The summed E-state index contributed by atoms with van der Waals surface area (Å²) in [5.41, 5.74) is 0.658. The predicted octanol–water partition coefficient (Wildman–Crippen LogP) is 5.04. The van der Waals surface area contributed by atoms with Gasteiger partial charge in [-0.15, -0.1) is 11.3 Å². The summed E-state index contributed by atoms with van der Waals surface area (Å²) in [5.74, 6) is 1.72. The van der Waals surface area contributed by atoms with Gasteiger partial charge in [0.05, 0.1) is 12.7 Å². The van der Waals surface area contributed by atoms with Crippen LogP contribution in [0.3, 0.4) is 0 Å². The fourth-order valence-electron chi connectivity index (χ4n) is 5.23. The number of thiophene rings is 1. The van der Waals surface area contributed by atoms with Crippen molar-refractivity contribution in [1.29, 1.82) is 0 Å². The highest BCUT2D eigenvalue weighted by atomic mass is 32.1. The monoisotopic (exact) mass is 427 g/mol. The van der Waals surface area contributed by atoms with Crippen molar-refractivity contribution in [2.45, 2.75) is 51.0 Å². The number of hydrogen-bond acceptors (Lipinski definition) is 5. The normalized spacial score (nSPS) is 25.2. The van der Waals surface area contributed by atoms with E-state index < -0.39 is 0 Å². The SMILES string of the molecule is COC(=O)CCC/C=C\C[C@H]1[C@H]2CC[C@H](C2)[C@@H]1NC(=O)c1csc2ccc(O)cc12. The van der Waals surface area contributed by atoms with Gasteiger partial charge in [0.15, 0.2) is 0 Å². The molecule has 1 aromatic heterocycles. The largest absolute Gasteiger partial charge is 0.508 e. The Hall–Kier alpha value is -2.34. The molecule has 0 saturated heterocycles. The predicted molar refractivity (Wildman–Crippen MR) is 119 cm³/mol. The van der Waals surface area contributed by atoms with E-state index >= 15 is 0 Å². The molecule has 0 spiro atoms. The van der Waals surface area contributed by atoms with Crippen LogP contribution in [0, 0.1) is 17.8 Å². The van der Waals surface area contributed by atoms with E-state index in [9.17, 15) is 14.7 Å². The maximum absolute atomic E-state index is 13.1. The molecule has 2 aliphatic rings. The smallest absolute Gasteiger partial charge is 0.305 e. The van der Waals surface area contributed by atoms with Gasteiger partial charge in [0, 0.05) is 27.9 Å². The Morgan fingerprint density at radius 3 is 2.93 bits per heavy atom. The van der Waals surface area contributed by atoms with Crippen LogP contribution in [0.2, 0.25) is 0 Å². The maximum Gasteiger partial charge on any atom is 0.305 e. The first-order chi connectivity index (χ1) is 14.6. The molecule has 5 nitrogen and oxygen atoms in total. The zero-order valence-electron chi connectivity index (χ0n) is 17.3. The van der Waals surface area contributed by atoms with Crippen molar-refractivity contribution in [3.63, 3.8) is 0 Å². The number of unbranched alkanes of at least 4 members (excludes halogenated alkanes) is 1. The lowest BCUT2D eigenvalue weighted by molar-refractivity contribution is -0.140. The highest BCUT2D eigenvalue weighted by molar-refractivity contribution is 7.17. The second-order valence-corrected chi connectivity index (χ2v) is 9.41. The maximum atomic E-state index is 13.1. The molecular formula is C24H29NO4S. The van der Waals surface area contributed by atoms with Crippen LogP contribution in [-0.2, 0) is 9.53 Å². The molecule has 160 valence electrons. The highest BCUT2D eigenvalue weighted by Gasteiger charge is 2.47. The molecule has 1 aromatic carbocycles. The highest BCUT2D eigenvalue weighted by Crippen LogP contribution is 2.50. The summed E-state index contributed by atoms with van der Waals surface area (Å²) in [7, 11) is 1.42. The first-order valence-corrected chi connectivity index (χ1v) is 11.7. The second-order valence-electron chi connectivity index (χ2n) is 8.50. The van der Waals surface area contributed by atoms with Crippen LogP contribution in [0.5, 0.6) is 5.75 Å². The summed E-state index contributed by atoms with van der Waals surface area (Å²) in [4.78, 5) is 24.3. The Morgan fingerprint density at radius 1 is 1.27 bits per heavy atom. The quantitative estimate of drug-likeness (QED) is 0.351. The van der Waals surface area contributed by atoms with E-state index in [1.807, 2.05) is 11.4 Å². The van der Waals surface area contributed by atoms with Gasteiger partial charge in [-0.1, -0.05) is 12.2 Å². The lowest BCUT2D eigenvalue weighted by Crippen LogP contribution is -2.43. The van der Waals surface area contributed by atoms with Crippen molar-refractivity contribution < 1.29 is 19.4 Å². The first-order valence-electron chi connectivity index (χ1n) is 10.8. The van der Waals surface area contributed by atoms with Crippen LogP contribution in [0.15, 0.2) is 35.7 Å². The molecule has 1 amide bonds. The summed E-state index contributed by atoms with van der Waals surface area (Å²) in [6, 6.07) is 5.40. The van der Waals surface area contributed by atoms with Crippen LogP contribution in [-0.4, -0.2) is 30.1 Å². The number of benzene rings is 1. The van der Waals surface area contributed by atoms with Gasteiger partial charge >= 0.3 is 5.97 Å². The van der Waals surface area contributed by atoms with Crippen molar-refractivity contribution in [3.05, 3.63) is 41.3 Å². The number of aromatic hydroxyl groups is 1. The van der Waals surface area contributed by atoms with E-state index in [4.69, 9.17) is 0 Å². The molecule has 1 heterocycles. The molecule has 2 bridgehead atoms. The van der Waals surface area contributed by atoms with Gasteiger partial charge in [-0.2, -0.15) is 0 Å². The fourth-order valence-corrected chi connectivity index (χ4v) is 6.16. The third kappa shape index (κ3) is 4.38. The molecule has 2 aliphatic carbocycles. The number of amides is 1. The second kappa shape index (κ2) is 9.21. The average molecular weight is 428 g/mol. The summed E-state index contributed by atoms with van der Waals surface area (Å²) in [6.45, 7) is 0. The zero-order valence-corrected chi connectivity index (χ0v) is 18.1. The number of esters is 1. The van der Waals surface area contributed by atoms with Crippen LogP contribution in [0.25, 0.3) is 10.1 Å². The Morgan fingerprint density at radius 2 is 2.10 bits per heavy atom. The number of nitrogens with one attached hydrogen (secondary N) is 1. The molecule has 0 unspecified atom stereocenters. The number of fused-ring (bicyclic) bond motifs is 3. The Bertz CT molecular complexity index is 950. The van der Waals surface area contributed by atoms with Crippen molar-refractivity contribution >= 4 is 33.3 Å². The third-order valence-corrected chi connectivity index (χ3v) is 7.71. The van der Waals surface area contributed by atoms with Gasteiger partial charge in [-0.25, -0.2) is 0 Å². The number of carbonyl (C=O) groups excluding carboxylic acids is 2. The average Bonchev–Trinajstić information content (AvgIpc) is 3.45. The molecule has 2 N–H and O–H groups in total. The number of ether oxygens (including phenoxy) is 1. The number of hydrogen-bond donors (Lipinski definition) is 2. The van der Waals surface area contributed by atoms with Gasteiger partial charge in [-0.05, 0) is 74.5 Å². The standard InChI is InChI=1S/C24H29NO4S/c1-29-22(27)7-5-3-2-4-6-18-15-8-9-16(12-15)23(18)25-24(28)20-14-30-21-11-10-17(26)13-19(20)21/h2,4,10-11,13-16,18,23,26H,3,5-9,12H2,1H3,(H,25,28)/b4-2-/t15-,16+,18-,23-/m0/s1. The van der Waals surface area contributed by atoms with Crippen molar-refractivity contribution in [2.24, 2.45) is 17.8 Å². The minimum absolute atomic E-state index is 0.0311. The first kappa shape index (κ1) is 20.9. The van der Waals surface area contributed by atoms with E-state index in [-0.39, 0.29) is 23.7 Å². The molecule has 2 saturated carbocycles. The number of rotatable bonds is 8. The Balaban J connectivity index is 1.38. The minimum atomic E-state index is -0.159. The van der Waals surface area contributed by atoms with Gasteiger partial charge < -0.3 is 15.2 Å². The van der Waals surface area contributed by atoms with Crippen LogP contribution < -0.4 is 5.32 Å². The third-order valence-electron chi connectivity index (χ3n) is 6.74. The number of phenols is 1. The summed E-state index contributed by atoms with van der Waals surface area (Å²) < 4.78 is 5.68. The summed E-state index contributed by atoms with van der Waals surface area (Å²) >= 11 is 1.53. The van der Waals surface area contributed by atoms with Gasteiger partial charge in [0.2, 0.25) is 0 Å². The summed E-state index contributed by atoms with van der Waals surface area (Å²) in [6.07, 6.45) is 11.1. The lowest BCUT2D eigenvalue weighted by atomic mass is 9.82. The van der Waals surface area contributed by atoms with E-state index in [2.05, 4.69) is 22.2 Å². The van der Waals surface area contributed by atoms with Crippen LogP contribution in [0.4, 0.5) is 0 Å². The van der Waals surface area contributed by atoms with E-state index in [1.165, 1.54) is 37.7 Å².